The molecule has 3 rings (SSSR count). The van der Waals surface area contributed by atoms with Gasteiger partial charge in [0.25, 0.3) is 0 Å². The van der Waals surface area contributed by atoms with Gasteiger partial charge in [-0.1, -0.05) is 25.3 Å². The molecule has 1 aromatic carbocycles. The van der Waals surface area contributed by atoms with Crippen LogP contribution in [-0.2, 0) is 9.59 Å². The van der Waals surface area contributed by atoms with Gasteiger partial charge >= 0.3 is 0 Å². The first-order chi connectivity index (χ1) is 12.0. The Labute approximate surface area is 150 Å². The Morgan fingerprint density at radius 1 is 0.960 bits per heavy atom. The lowest BCUT2D eigenvalue weighted by atomic mass is 9.88. The molecule has 2 amide bonds. The number of likely N-dealkylation sites (N-methyl/N-ethyl adjacent to an activating group) is 1. The smallest absolute Gasteiger partial charge is 0.241 e. The second kappa shape index (κ2) is 8.00. The molecule has 1 atom stereocenters. The first-order valence-electron chi connectivity index (χ1n) is 9.47. The Balaban J connectivity index is 1.71. The fourth-order valence-electron chi connectivity index (χ4n) is 3.93. The lowest BCUT2D eigenvalue weighted by molar-refractivity contribution is -0.121. The summed E-state index contributed by atoms with van der Waals surface area (Å²) in [6.07, 6.45) is 7.35. The van der Waals surface area contributed by atoms with E-state index in [0.717, 1.165) is 50.6 Å². The van der Waals surface area contributed by atoms with Gasteiger partial charge in [-0.25, -0.2) is 0 Å². The Morgan fingerprint density at radius 3 is 2.36 bits per heavy atom. The van der Waals surface area contributed by atoms with Gasteiger partial charge in [-0.05, 0) is 63.9 Å². The summed E-state index contributed by atoms with van der Waals surface area (Å²) in [5.41, 5.74) is 2.47. The van der Waals surface area contributed by atoms with Crippen LogP contribution in [0.3, 0.4) is 0 Å². The lowest BCUT2D eigenvalue weighted by Gasteiger charge is -2.23. The number of nitrogens with zero attached hydrogens (tertiary/aromatic N) is 1. The summed E-state index contributed by atoms with van der Waals surface area (Å²) in [5.74, 6) is 0.190. The zero-order chi connectivity index (χ0) is 17.8. The number of benzene rings is 1. The molecule has 1 aliphatic heterocycles. The largest absolute Gasteiger partial charge is 0.324 e. The first-order valence-corrected chi connectivity index (χ1v) is 9.47. The predicted molar refractivity (Wildman–Crippen MR) is 101 cm³/mol. The highest BCUT2D eigenvalue weighted by molar-refractivity contribution is 6.02. The molecule has 136 valence electrons. The summed E-state index contributed by atoms with van der Waals surface area (Å²) >= 11 is 0. The molecule has 25 heavy (non-hydrogen) atoms. The van der Waals surface area contributed by atoms with Crippen LogP contribution in [0.1, 0.15) is 50.5 Å². The van der Waals surface area contributed by atoms with E-state index in [1.165, 1.54) is 6.42 Å². The molecular weight excluding hydrogens is 314 g/mol. The Kier molecular flexibility index (Phi) is 5.74. The molecule has 1 aliphatic carbocycles. The molecule has 0 radical (unpaired) electrons. The fourth-order valence-corrected chi connectivity index (χ4v) is 3.93. The average Bonchev–Trinajstić information content (AvgIpc) is 3.04. The van der Waals surface area contributed by atoms with Gasteiger partial charge in [0.15, 0.2) is 0 Å². The molecule has 1 aromatic rings. The molecule has 0 aromatic heterocycles. The van der Waals surface area contributed by atoms with E-state index >= 15 is 0 Å². The van der Waals surface area contributed by atoms with Crippen molar-refractivity contribution in [2.75, 3.05) is 24.2 Å². The number of rotatable bonds is 4. The van der Waals surface area contributed by atoms with Crippen molar-refractivity contribution in [3.63, 3.8) is 0 Å². The van der Waals surface area contributed by atoms with Crippen molar-refractivity contribution >= 4 is 23.2 Å². The van der Waals surface area contributed by atoms with Crippen LogP contribution in [0.4, 0.5) is 11.4 Å². The molecule has 1 heterocycles. The molecule has 5 nitrogen and oxygen atoms in total. The number of hydrogen-bond donors (Lipinski definition) is 2. The molecule has 2 fully saturated rings. The number of amides is 2. The van der Waals surface area contributed by atoms with Crippen molar-refractivity contribution < 1.29 is 9.59 Å². The lowest BCUT2D eigenvalue weighted by Crippen LogP contribution is -2.37. The van der Waals surface area contributed by atoms with E-state index in [1.54, 1.807) is 0 Å². The summed E-state index contributed by atoms with van der Waals surface area (Å²) in [6, 6.07) is 5.71. The van der Waals surface area contributed by atoms with E-state index in [4.69, 9.17) is 0 Å². The number of anilines is 2. The highest BCUT2D eigenvalue weighted by Gasteiger charge is 2.28. The summed E-state index contributed by atoms with van der Waals surface area (Å²) in [5, 5.41) is 6.08. The number of carbonyl (C=O) groups excluding carboxylic acids is 2. The number of likely N-dealkylation sites (tertiary alicyclic amines) is 1. The maximum absolute atomic E-state index is 12.6. The van der Waals surface area contributed by atoms with Gasteiger partial charge < -0.3 is 10.6 Å². The van der Waals surface area contributed by atoms with Gasteiger partial charge in [0.1, 0.15) is 0 Å². The van der Waals surface area contributed by atoms with Crippen molar-refractivity contribution in [1.82, 2.24) is 4.90 Å². The van der Waals surface area contributed by atoms with Crippen LogP contribution in [0.5, 0.6) is 0 Å². The Morgan fingerprint density at radius 2 is 1.68 bits per heavy atom. The first kappa shape index (κ1) is 17.9. The van der Waals surface area contributed by atoms with Gasteiger partial charge in [0.05, 0.1) is 17.4 Å². The maximum atomic E-state index is 12.6. The summed E-state index contributed by atoms with van der Waals surface area (Å²) in [4.78, 5) is 27.3. The van der Waals surface area contributed by atoms with Crippen molar-refractivity contribution in [3.8, 4) is 0 Å². The molecule has 2 aliphatic rings. The van der Waals surface area contributed by atoms with E-state index in [1.807, 2.05) is 32.2 Å². The minimum Gasteiger partial charge on any atom is -0.324 e. The zero-order valence-corrected chi connectivity index (χ0v) is 15.3. The monoisotopic (exact) mass is 343 g/mol. The summed E-state index contributed by atoms with van der Waals surface area (Å²) < 4.78 is 0. The van der Waals surface area contributed by atoms with Crippen LogP contribution in [0, 0.1) is 12.8 Å². The molecule has 1 saturated carbocycles. The van der Waals surface area contributed by atoms with Crippen LogP contribution in [0.25, 0.3) is 0 Å². The Hall–Kier alpha value is -1.88. The second-order valence-electron chi connectivity index (χ2n) is 7.50. The van der Waals surface area contributed by atoms with Crippen LogP contribution in [0.15, 0.2) is 18.2 Å². The van der Waals surface area contributed by atoms with Crippen molar-refractivity contribution in [2.45, 2.75) is 57.9 Å². The number of carbonyl (C=O) groups is 2. The van der Waals surface area contributed by atoms with Crippen LogP contribution < -0.4 is 10.6 Å². The third-order valence-electron chi connectivity index (χ3n) is 5.49. The highest BCUT2D eigenvalue weighted by Crippen LogP contribution is 2.28. The van der Waals surface area contributed by atoms with Crippen LogP contribution in [0.2, 0.25) is 0 Å². The minimum absolute atomic E-state index is 0.0127. The second-order valence-corrected chi connectivity index (χ2v) is 7.50. The third kappa shape index (κ3) is 4.40. The predicted octanol–water partition coefficient (Wildman–Crippen LogP) is 3.55. The van der Waals surface area contributed by atoms with E-state index in [-0.39, 0.29) is 23.8 Å². The van der Waals surface area contributed by atoms with Gasteiger partial charge in [0.2, 0.25) is 11.8 Å². The molecule has 2 N–H and O–H groups in total. The van der Waals surface area contributed by atoms with Gasteiger partial charge in [0, 0.05) is 5.92 Å². The summed E-state index contributed by atoms with van der Waals surface area (Å²) in [7, 11) is 1.99. The maximum Gasteiger partial charge on any atom is 0.241 e. The molecule has 0 spiro atoms. The normalized spacial score (nSPS) is 21.9. The van der Waals surface area contributed by atoms with Gasteiger partial charge in [-0.2, -0.15) is 0 Å². The number of hydrogen-bond acceptors (Lipinski definition) is 3. The standard InChI is InChI=1S/C20H29N3O2/c1-14-10-11-16(21-19(24)15-7-4-3-5-8-15)17(13-14)22-20(25)18-9-6-12-23(18)2/h10-11,13,15,18H,3-9,12H2,1-2H3,(H,21,24)(H,22,25)/t18-/m0/s1. The zero-order valence-electron chi connectivity index (χ0n) is 15.3. The minimum atomic E-state index is -0.0811. The van der Waals surface area contributed by atoms with Crippen molar-refractivity contribution in [2.24, 2.45) is 5.92 Å². The Bertz CT molecular complexity index is 638. The molecule has 5 heteroatoms. The van der Waals surface area contributed by atoms with Crippen molar-refractivity contribution in [3.05, 3.63) is 23.8 Å². The average molecular weight is 343 g/mol. The van der Waals surface area contributed by atoms with Gasteiger partial charge in [-0.3, -0.25) is 14.5 Å². The van der Waals surface area contributed by atoms with E-state index in [9.17, 15) is 9.59 Å². The number of nitrogens with one attached hydrogen (secondary N) is 2. The molecular formula is C20H29N3O2. The van der Waals surface area contributed by atoms with Crippen molar-refractivity contribution in [1.29, 1.82) is 0 Å². The fraction of sp³-hybridized carbons (Fsp3) is 0.600. The van der Waals surface area contributed by atoms with E-state index in [0.29, 0.717) is 11.4 Å². The van der Waals surface area contributed by atoms with Crippen LogP contribution >= 0.6 is 0 Å². The highest BCUT2D eigenvalue weighted by atomic mass is 16.2. The van der Waals surface area contributed by atoms with Gasteiger partial charge in [-0.15, -0.1) is 0 Å². The summed E-state index contributed by atoms with van der Waals surface area (Å²) in [6.45, 7) is 2.95. The van der Waals surface area contributed by atoms with E-state index in [2.05, 4.69) is 15.5 Å². The SMILES string of the molecule is Cc1ccc(NC(=O)C2CCCCC2)c(NC(=O)[C@@H]2CCCN2C)c1. The van der Waals surface area contributed by atoms with E-state index < -0.39 is 0 Å². The quantitative estimate of drug-likeness (QED) is 0.879. The van der Waals surface area contributed by atoms with Crippen LogP contribution in [-0.4, -0.2) is 36.3 Å². The topological polar surface area (TPSA) is 61.4 Å². The molecule has 0 unspecified atom stereocenters. The third-order valence-corrected chi connectivity index (χ3v) is 5.49. The number of aryl methyl sites for hydroxylation is 1. The molecule has 1 saturated heterocycles. The molecule has 0 bridgehead atoms.